The van der Waals surface area contributed by atoms with E-state index < -0.39 is 0 Å². The molecule has 0 radical (unpaired) electrons. The molecule has 0 saturated heterocycles. The van der Waals surface area contributed by atoms with Crippen LogP contribution in [0.5, 0.6) is 0 Å². The fourth-order valence-corrected chi connectivity index (χ4v) is 3.04. The van der Waals surface area contributed by atoms with Crippen molar-refractivity contribution in [2.24, 2.45) is 0 Å². The number of hydrogen-bond acceptors (Lipinski definition) is 2. The summed E-state index contributed by atoms with van der Waals surface area (Å²) >= 11 is 0. The summed E-state index contributed by atoms with van der Waals surface area (Å²) in [5.41, 5.74) is 3.07. The van der Waals surface area contributed by atoms with Crippen LogP contribution in [0.4, 0.5) is 0 Å². The van der Waals surface area contributed by atoms with Gasteiger partial charge < -0.3 is 10.2 Å². The number of nitrogens with one attached hydrogen (secondary N) is 1. The highest BCUT2D eigenvalue weighted by Gasteiger charge is 2.19. The summed E-state index contributed by atoms with van der Waals surface area (Å²) in [5.74, 6) is 0. The van der Waals surface area contributed by atoms with Gasteiger partial charge in [0.2, 0.25) is 0 Å². The molecule has 2 heteroatoms. The van der Waals surface area contributed by atoms with Crippen molar-refractivity contribution >= 4 is 0 Å². The Kier molecular flexibility index (Phi) is 4.79. The highest BCUT2D eigenvalue weighted by Crippen LogP contribution is 2.28. The van der Waals surface area contributed by atoms with Crippen molar-refractivity contribution in [3.63, 3.8) is 0 Å². The molecule has 1 N–H and O–H groups in total. The molecule has 1 aliphatic carbocycles. The van der Waals surface area contributed by atoms with E-state index in [1.165, 1.54) is 31.2 Å². The topological polar surface area (TPSA) is 15.3 Å². The smallest absolute Gasteiger partial charge is 0.0325 e. The molecule has 0 fully saturated rings. The lowest BCUT2D eigenvalue weighted by molar-refractivity contribution is 0.323. The molecule has 0 bridgehead atoms. The highest BCUT2D eigenvalue weighted by molar-refractivity contribution is 5.31. The molecule has 0 heterocycles. The summed E-state index contributed by atoms with van der Waals surface area (Å²) in [6, 6.07) is 10.0. The maximum absolute atomic E-state index is 3.80. The van der Waals surface area contributed by atoms with E-state index in [2.05, 4.69) is 55.5 Å². The zero-order valence-corrected chi connectivity index (χ0v) is 11.9. The van der Waals surface area contributed by atoms with Crippen molar-refractivity contribution in [2.45, 2.75) is 44.7 Å². The van der Waals surface area contributed by atoms with Gasteiger partial charge in [-0.3, -0.25) is 0 Å². The number of aryl methyl sites for hydroxylation is 1. The molecular weight excluding hydrogens is 220 g/mol. The van der Waals surface area contributed by atoms with Crippen molar-refractivity contribution in [1.29, 1.82) is 0 Å². The lowest BCUT2D eigenvalue weighted by Crippen LogP contribution is -2.38. The normalized spacial score (nSPS) is 21.4. The summed E-state index contributed by atoms with van der Waals surface area (Å²) in [4.78, 5) is 2.25. The van der Waals surface area contributed by atoms with Crippen molar-refractivity contribution in [3.8, 4) is 0 Å². The van der Waals surface area contributed by atoms with Crippen LogP contribution in [0.3, 0.4) is 0 Å². The largest absolute Gasteiger partial charge is 0.308 e. The monoisotopic (exact) mass is 246 g/mol. The summed E-state index contributed by atoms with van der Waals surface area (Å²) in [6.07, 6.45) is 5.18. The minimum atomic E-state index is 0.538. The first-order chi connectivity index (χ1) is 8.66. The molecule has 1 aliphatic rings. The molecule has 18 heavy (non-hydrogen) atoms. The molecule has 100 valence electrons. The Hall–Kier alpha value is -0.860. The highest BCUT2D eigenvalue weighted by atomic mass is 15.1. The van der Waals surface area contributed by atoms with Crippen LogP contribution >= 0.6 is 0 Å². The quantitative estimate of drug-likeness (QED) is 0.822. The fraction of sp³-hybridized carbons (Fsp3) is 0.625. The Morgan fingerprint density at radius 2 is 2.06 bits per heavy atom. The average Bonchev–Trinajstić information content (AvgIpc) is 2.51. The summed E-state index contributed by atoms with van der Waals surface area (Å²) < 4.78 is 0. The van der Waals surface area contributed by atoms with Gasteiger partial charge in [0.15, 0.2) is 0 Å². The molecule has 2 atom stereocenters. The third kappa shape index (κ3) is 3.56. The third-order valence-corrected chi connectivity index (χ3v) is 3.74. The van der Waals surface area contributed by atoms with Crippen molar-refractivity contribution in [3.05, 3.63) is 35.4 Å². The second kappa shape index (κ2) is 6.35. The van der Waals surface area contributed by atoms with E-state index in [1.54, 1.807) is 5.56 Å². The van der Waals surface area contributed by atoms with Crippen molar-refractivity contribution < 1.29 is 0 Å². The predicted molar refractivity (Wildman–Crippen MR) is 77.9 cm³/mol. The zero-order chi connectivity index (χ0) is 13.0. The van der Waals surface area contributed by atoms with Crippen LogP contribution in [-0.4, -0.2) is 31.6 Å². The van der Waals surface area contributed by atoms with Crippen LogP contribution in [0, 0.1) is 0 Å². The number of nitrogens with zero attached hydrogens (tertiary/aromatic N) is 1. The van der Waals surface area contributed by atoms with E-state index in [-0.39, 0.29) is 0 Å². The first kappa shape index (κ1) is 13.6. The molecule has 0 saturated carbocycles. The number of likely N-dealkylation sites (N-methyl/N-ethyl adjacent to an activating group) is 1. The number of fused-ring (bicyclic) bond motifs is 1. The van der Waals surface area contributed by atoms with Gasteiger partial charge in [0, 0.05) is 18.6 Å². The zero-order valence-electron chi connectivity index (χ0n) is 11.9. The molecule has 0 amide bonds. The van der Waals surface area contributed by atoms with Crippen LogP contribution in [0.2, 0.25) is 0 Å². The van der Waals surface area contributed by atoms with Gasteiger partial charge in [-0.1, -0.05) is 30.7 Å². The van der Waals surface area contributed by atoms with E-state index in [9.17, 15) is 0 Å². The second-order valence-electron chi connectivity index (χ2n) is 5.83. The first-order valence-electron chi connectivity index (χ1n) is 7.15. The predicted octanol–water partition coefficient (Wildman–Crippen LogP) is 2.99. The van der Waals surface area contributed by atoms with Crippen LogP contribution in [-0.2, 0) is 6.42 Å². The molecule has 2 unspecified atom stereocenters. The Bertz CT molecular complexity index is 373. The van der Waals surface area contributed by atoms with E-state index in [1.807, 2.05) is 0 Å². The van der Waals surface area contributed by atoms with Crippen molar-refractivity contribution in [2.75, 3.05) is 20.6 Å². The summed E-state index contributed by atoms with van der Waals surface area (Å²) in [5, 5.41) is 3.80. The third-order valence-electron chi connectivity index (χ3n) is 3.74. The van der Waals surface area contributed by atoms with Crippen molar-refractivity contribution in [1.82, 2.24) is 10.2 Å². The minimum Gasteiger partial charge on any atom is -0.308 e. The van der Waals surface area contributed by atoms with E-state index in [4.69, 9.17) is 0 Å². The van der Waals surface area contributed by atoms with Gasteiger partial charge >= 0.3 is 0 Å². The SMILES string of the molecule is CC(CN(C)C)NC1CCCCc2ccccc21. The number of hydrogen-bond donors (Lipinski definition) is 1. The number of rotatable bonds is 4. The first-order valence-corrected chi connectivity index (χ1v) is 7.15. The van der Waals surface area contributed by atoms with E-state index in [0.29, 0.717) is 12.1 Å². The molecule has 2 nitrogen and oxygen atoms in total. The Morgan fingerprint density at radius 3 is 2.83 bits per heavy atom. The summed E-state index contributed by atoms with van der Waals surface area (Å²) in [6.45, 7) is 3.38. The summed E-state index contributed by atoms with van der Waals surface area (Å²) in [7, 11) is 4.28. The van der Waals surface area contributed by atoms with Crippen LogP contribution < -0.4 is 5.32 Å². The Balaban J connectivity index is 2.08. The van der Waals surface area contributed by atoms with E-state index in [0.717, 1.165) is 6.54 Å². The maximum atomic E-state index is 3.80. The molecule has 0 spiro atoms. The maximum Gasteiger partial charge on any atom is 0.0325 e. The van der Waals surface area contributed by atoms with Crippen LogP contribution in [0.25, 0.3) is 0 Å². The fourth-order valence-electron chi connectivity index (χ4n) is 3.04. The van der Waals surface area contributed by atoms with Crippen LogP contribution in [0.1, 0.15) is 43.4 Å². The molecule has 0 aliphatic heterocycles. The lowest BCUT2D eigenvalue weighted by atomic mass is 9.98. The van der Waals surface area contributed by atoms with Gasteiger partial charge in [-0.2, -0.15) is 0 Å². The lowest BCUT2D eigenvalue weighted by Gasteiger charge is -2.26. The molecule has 1 aromatic carbocycles. The Morgan fingerprint density at radius 1 is 1.28 bits per heavy atom. The minimum absolute atomic E-state index is 0.538. The van der Waals surface area contributed by atoms with Gasteiger partial charge in [-0.15, -0.1) is 0 Å². The molecular formula is C16H26N2. The second-order valence-corrected chi connectivity index (χ2v) is 5.83. The molecule has 1 aromatic rings. The van der Waals surface area contributed by atoms with Gasteiger partial charge in [0.25, 0.3) is 0 Å². The Labute approximate surface area is 111 Å². The average molecular weight is 246 g/mol. The van der Waals surface area contributed by atoms with Crippen LogP contribution in [0.15, 0.2) is 24.3 Å². The molecule has 2 rings (SSSR count). The van der Waals surface area contributed by atoms with Gasteiger partial charge in [-0.25, -0.2) is 0 Å². The van der Waals surface area contributed by atoms with Gasteiger partial charge in [0.05, 0.1) is 0 Å². The number of benzene rings is 1. The van der Waals surface area contributed by atoms with Gasteiger partial charge in [-0.05, 0) is 51.4 Å². The standard InChI is InChI=1S/C16H26N2/c1-13(12-18(2)3)17-16-11-7-5-9-14-8-4-6-10-15(14)16/h4,6,8,10,13,16-17H,5,7,9,11-12H2,1-3H3. The van der Waals surface area contributed by atoms with Gasteiger partial charge in [0.1, 0.15) is 0 Å². The molecule has 0 aromatic heterocycles. The van der Waals surface area contributed by atoms with E-state index >= 15 is 0 Å².